The summed E-state index contributed by atoms with van der Waals surface area (Å²) in [6.07, 6.45) is 44.5. The molecule has 0 aromatic carbocycles. The number of nitrogens with zero attached hydrogens (tertiary/aromatic N) is 6. The molecule has 0 bridgehead atoms. The standard InChI is InChI=1S/C54H72N6/c1-55-13-7-37(31-55)43-19-44(38-8-14-56(2)32-38)22-49(21-43)51-25-47(41-11-17-59(5)35-41)27-53(29-51)54-28-48(42-12-18-60(6)36-42)26-52(30-54)50-23-45(39-9-15-57(3)33-39)20-46(24-50)40-10-16-58(4)34-40/h7-18,31-36,43-54H,19-30H2,1-6H3. The van der Waals surface area contributed by atoms with E-state index in [9.17, 15) is 0 Å². The van der Waals surface area contributed by atoms with Crippen LogP contribution in [0.3, 0.4) is 0 Å². The van der Waals surface area contributed by atoms with Crippen LogP contribution in [0.25, 0.3) is 0 Å². The van der Waals surface area contributed by atoms with Crippen molar-refractivity contribution in [3.8, 4) is 0 Å². The molecule has 6 aromatic rings. The minimum atomic E-state index is 0.633. The summed E-state index contributed by atoms with van der Waals surface area (Å²) in [5.74, 6) is 8.42. The zero-order valence-corrected chi connectivity index (χ0v) is 37.5. The van der Waals surface area contributed by atoms with Crippen LogP contribution in [-0.4, -0.2) is 27.4 Å². The molecule has 6 heterocycles. The van der Waals surface area contributed by atoms with Crippen LogP contribution >= 0.6 is 0 Å². The number of hydrogen-bond acceptors (Lipinski definition) is 0. The lowest BCUT2D eigenvalue weighted by Gasteiger charge is -2.49. The van der Waals surface area contributed by atoms with Gasteiger partial charge in [0, 0.05) is 117 Å². The summed E-state index contributed by atoms with van der Waals surface area (Å²) in [5, 5.41) is 0. The second kappa shape index (κ2) is 16.5. The molecule has 0 saturated heterocycles. The van der Waals surface area contributed by atoms with Gasteiger partial charge in [-0.2, -0.15) is 0 Å². The highest BCUT2D eigenvalue weighted by Crippen LogP contribution is 2.58. The molecule has 60 heavy (non-hydrogen) atoms. The van der Waals surface area contributed by atoms with Gasteiger partial charge in [-0.3, -0.25) is 0 Å². The maximum atomic E-state index is 2.47. The number of hydrogen-bond donors (Lipinski definition) is 0. The minimum Gasteiger partial charge on any atom is -0.357 e. The molecule has 4 saturated carbocycles. The van der Waals surface area contributed by atoms with Gasteiger partial charge in [-0.15, -0.1) is 0 Å². The van der Waals surface area contributed by atoms with Crippen molar-refractivity contribution >= 4 is 0 Å². The molecule has 0 radical (unpaired) electrons. The highest BCUT2D eigenvalue weighted by atomic mass is 14.9. The highest BCUT2D eigenvalue weighted by molar-refractivity contribution is 5.26. The fraction of sp³-hybridized carbons (Fsp3) is 0.556. The largest absolute Gasteiger partial charge is 0.357 e. The molecule has 318 valence electrons. The number of aryl methyl sites for hydroxylation is 6. The van der Waals surface area contributed by atoms with Crippen LogP contribution in [0.4, 0.5) is 0 Å². The lowest BCUT2D eigenvalue weighted by atomic mass is 9.56. The molecule has 4 aliphatic rings. The Bertz CT molecular complexity index is 2080. The van der Waals surface area contributed by atoms with Crippen molar-refractivity contribution in [2.45, 2.75) is 113 Å². The Labute approximate surface area is 360 Å². The van der Waals surface area contributed by atoms with Gasteiger partial charge >= 0.3 is 0 Å². The molecule has 0 amide bonds. The van der Waals surface area contributed by atoms with E-state index >= 15 is 0 Å². The Morgan fingerprint density at radius 1 is 0.250 bits per heavy atom. The third-order valence-electron chi connectivity index (χ3n) is 17.0. The van der Waals surface area contributed by atoms with E-state index in [1.54, 1.807) is 33.4 Å². The summed E-state index contributed by atoms with van der Waals surface area (Å²) >= 11 is 0. The molecule has 10 unspecified atom stereocenters. The maximum Gasteiger partial charge on any atom is 0.0106 e. The molecule has 0 aliphatic heterocycles. The molecule has 6 nitrogen and oxygen atoms in total. The molecule has 4 aliphatic carbocycles. The van der Waals surface area contributed by atoms with Gasteiger partial charge in [0.15, 0.2) is 0 Å². The molecular formula is C54H72N6. The van der Waals surface area contributed by atoms with E-state index in [1.807, 2.05) is 0 Å². The summed E-state index contributed by atoms with van der Waals surface area (Å²) in [6.45, 7) is 0. The summed E-state index contributed by atoms with van der Waals surface area (Å²) in [6, 6.07) is 14.6. The van der Waals surface area contributed by atoms with Crippen LogP contribution in [0, 0.1) is 35.5 Å². The third kappa shape index (κ3) is 8.34. The quantitative estimate of drug-likeness (QED) is 0.139. The maximum absolute atomic E-state index is 2.47. The fourth-order valence-electron chi connectivity index (χ4n) is 14.1. The van der Waals surface area contributed by atoms with Crippen LogP contribution in [0.2, 0.25) is 0 Å². The number of aromatic nitrogens is 6. The first-order valence-electron chi connectivity index (χ1n) is 23.8. The Morgan fingerprint density at radius 3 is 0.583 bits per heavy atom. The molecule has 4 fully saturated rings. The van der Waals surface area contributed by atoms with Crippen molar-refractivity contribution < 1.29 is 0 Å². The molecule has 0 N–H and O–H groups in total. The van der Waals surface area contributed by atoms with Gasteiger partial charge in [0.1, 0.15) is 0 Å². The predicted molar refractivity (Wildman–Crippen MR) is 245 cm³/mol. The summed E-state index contributed by atoms with van der Waals surface area (Å²) in [5.41, 5.74) is 9.44. The Kier molecular flexibility index (Phi) is 11.0. The van der Waals surface area contributed by atoms with Crippen molar-refractivity contribution in [2.24, 2.45) is 77.8 Å². The van der Waals surface area contributed by atoms with E-state index in [2.05, 4.69) is 180 Å². The first kappa shape index (κ1) is 39.8. The van der Waals surface area contributed by atoms with Crippen LogP contribution in [0.15, 0.2) is 111 Å². The van der Waals surface area contributed by atoms with E-state index in [1.165, 1.54) is 77.0 Å². The van der Waals surface area contributed by atoms with E-state index in [0.29, 0.717) is 35.5 Å². The number of rotatable bonds is 9. The van der Waals surface area contributed by atoms with Crippen molar-refractivity contribution in [3.05, 3.63) is 144 Å². The van der Waals surface area contributed by atoms with Gasteiger partial charge < -0.3 is 27.4 Å². The van der Waals surface area contributed by atoms with Gasteiger partial charge in [0.2, 0.25) is 0 Å². The van der Waals surface area contributed by atoms with Crippen molar-refractivity contribution in [2.75, 3.05) is 0 Å². The van der Waals surface area contributed by atoms with Gasteiger partial charge in [-0.05, 0) is 218 Å². The Hall–Kier alpha value is -4.32. The highest BCUT2D eigenvalue weighted by Gasteiger charge is 2.45. The minimum absolute atomic E-state index is 0.633. The molecule has 6 heteroatoms. The topological polar surface area (TPSA) is 29.6 Å². The van der Waals surface area contributed by atoms with Crippen LogP contribution in [0.5, 0.6) is 0 Å². The van der Waals surface area contributed by atoms with Gasteiger partial charge in [0.25, 0.3) is 0 Å². The smallest absolute Gasteiger partial charge is 0.0106 e. The first-order chi connectivity index (χ1) is 29.1. The molecular weight excluding hydrogens is 733 g/mol. The summed E-state index contributed by atoms with van der Waals surface area (Å²) < 4.78 is 13.7. The molecule has 10 atom stereocenters. The SMILES string of the molecule is Cn1ccc(C2CC(c3ccn(C)c3)CC(C3CC(c4ccn(C)c4)CC(C4CC(c5ccn(C)c5)CC(C5CC(c6ccn(C)c6)CC(c6ccn(C)c6)C5)C4)C3)C2)c1. The average Bonchev–Trinajstić information content (AvgIpc) is 4.13. The monoisotopic (exact) mass is 805 g/mol. The Balaban J connectivity index is 0.974. The third-order valence-corrected chi connectivity index (χ3v) is 17.0. The molecule has 0 spiro atoms. The van der Waals surface area contributed by atoms with Crippen molar-refractivity contribution in [1.82, 2.24) is 27.4 Å². The second-order valence-electron chi connectivity index (χ2n) is 21.2. The van der Waals surface area contributed by atoms with E-state index in [4.69, 9.17) is 0 Å². The lowest BCUT2D eigenvalue weighted by molar-refractivity contribution is 0.0534. The van der Waals surface area contributed by atoms with Crippen LogP contribution in [-0.2, 0) is 42.3 Å². The molecule has 10 rings (SSSR count). The summed E-state index contributed by atoms with van der Waals surface area (Å²) in [7, 11) is 13.3. The lowest BCUT2D eigenvalue weighted by Crippen LogP contribution is -2.38. The fourth-order valence-corrected chi connectivity index (χ4v) is 14.1. The van der Waals surface area contributed by atoms with Gasteiger partial charge in [0.05, 0.1) is 0 Å². The first-order valence-corrected chi connectivity index (χ1v) is 23.8. The normalized spacial score (nSPS) is 32.7. The van der Waals surface area contributed by atoms with Crippen LogP contribution < -0.4 is 0 Å². The summed E-state index contributed by atoms with van der Waals surface area (Å²) in [4.78, 5) is 0. The predicted octanol–water partition coefficient (Wildman–Crippen LogP) is 12.2. The second-order valence-corrected chi connectivity index (χ2v) is 21.2. The molecule has 6 aromatic heterocycles. The van der Waals surface area contributed by atoms with Gasteiger partial charge in [-0.25, -0.2) is 0 Å². The Morgan fingerprint density at radius 2 is 0.417 bits per heavy atom. The van der Waals surface area contributed by atoms with E-state index < -0.39 is 0 Å². The van der Waals surface area contributed by atoms with E-state index in [0.717, 1.165) is 35.5 Å². The van der Waals surface area contributed by atoms with E-state index in [-0.39, 0.29) is 0 Å². The average molecular weight is 805 g/mol. The van der Waals surface area contributed by atoms with Crippen LogP contribution in [0.1, 0.15) is 146 Å². The zero-order valence-electron chi connectivity index (χ0n) is 37.5. The van der Waals surface area contributed by atoms with Gasteiger partial charge in [-0.1, -0.05) is 0 Å². The van der Waals surface area contributed by atoms with Crippen molar-refractivity contribution in [3.63, 3.8) is 0 Å². The zero-order chi connectivity index (χ0) is 41.1. The van der Waals surface area contributed by atoms with Crippen molar-refractivity contribution in [1.29, 1.82) is 0 Å².